The third kappa shape index (κ3) is 5.39. The predicted molar refractivity (Wildman–Crippen MR) is 158 cm³/mol. The minimum Gasteiger partial charge on any atom is -0.459 e. The number of benzene rings is 4. The van der Waals surface area contributed by atoms with Crippen molar-refractivity contribution >= 4 is 29.4 Å². The molecule has 2 aliphatic heterocycles. The van der Waals surface area contributed by atoms with Crippen LogP contribution in [0.15, 0.2) is 109 Å². The number of fused-ring (bicyclic) bond motifs is 2. The molecular weight excluding hydrogens is 530 g/mol. The van der Waals surface area contributed by atoms with E-state index in [4.69, 9.17) is 4.74 Å². The molecule has 0 bridgehead atoms. The Morgan fingerprint density at radius 2 is 1.38 bits per heavy atom. The van der Waals surface area contributed by atoms with Crippen molar-refractivity contribution in [1.29, 1.82) is 0 Å². The second kappa shape index (κ2) is 11.7. The number of ether oxygens (including phenoxy) is 1. The number of hydrogen-bond donors (Lipinski definition) is 0. The number of carbonyl (C=O) groups excluding carboxylic acids is 4. The highest BCUT2D eigenvalue weighted by atomic mass is 16.5. The molecule has 0 radical (unpaired) electrons. The Bertz CT molecular complexity index is 1620. The van der Waals surface area contributed by atoms with E-state index >= 15 is 0 Å². The normalized spacial score (nSPS) is 16.4. The van der Waals surface area contributed by atoms with Gasteiger partial charge in [0.2, 0.25) is 0 Å². The molecule has 3 amide bonds. The largest absolute Gasteiger partial charge is 0.459 e. The second-order valence-corrected chi connectivity index (χ2v) is 10.3. The molecule has 0 N–H and O–H groups in total. The molecule has 8 heteroatoms. The van der Waals surface area contributed by atoms with Crippen molar-refractivity contribution < 1.29 is 23.9 Å². The lowest BCUT2D eigenvalue weighted by molar-refractivity contribution is -0.144. The summed E-state index contributed by atoms with van der Waals surface area (Å²) < 4.78 is 5.46. The van der Waals surface area contributed by atoms with Gasteiger partial charge in [0.05, 0.1) is 17.8 Å². The molecule has 210 valence electrons. The monoisotopic (exact) mass is 559 g/mol. The summed E-state index contributed by atoms with van der Waals surface area (Å²) in [5, 5.41) is 0. The zero-order chi connectivity index (χ0) is 29.1. The van der Waals surface area contributed by atoms with E-state index in [1.807, 2.05) is 72.8 Å². The van der Waals surface area contributed by atoms with Crippen molar-refractivity contribution in [3.05, 3.63) is 126 Å². The van der Waals surface area contributed by atoms with Crippen LogP contribution in [0.4, 0.5) is 5.69 Å². The lowest BCUT2D eigenvalue weighted by Crippen LogP contribution is -2.61. The average Bonchev–Trinajstić information content (AvgIpc) is 3.13. The van der Waals surface area contributed by atoms with Gasteiger partial charge in [0.25, 0.3) is 17.7 Å². The standard InChI is InChI=1S/C34H29N3O5/c38-31(42-23-24-9-3-1-4-10-24)22-37-29-14-8-7-13-28(29)33(40)36-20-19-35(21-30(36)34(37)41)32(39)27-17-15-26(16-18-27)25-11-5-2-6-12-25/h1-18,30H,19-23H2/t30-/m0/s1. The number of anilines is 1. The van der Waals surface area contributed by atoms with Gasteiger partial charge in [-0.25, -0.2) is 0 Å². The minimum absolute atomic E-state index is 0.0212. The highest BCUT2D eigenvalue weighted by Gasteiger charge is 2.44. The average molecular weight is 560 g/mol. The summed E-state index contributed by atoms with van der Waals surface area (Å²) in [6.07, 6.45) is 0. The van der Waals surface area contributed by atoms with Crippen LogP contribution >= 0.6 is 0 Å². The fraction of sp³-hybridized carbons (Fsp3) is 0.176. The maximum atomic E-state index is 14.0. The third-order valence-corrected chi connectivity index (χ3v) is 7.67. The number of piperazine rings is 1. The summed E-state index contributed by atoms with van der Waals surface area (Å²) in [7, 11) is 0. The summed E-state index contributed by atoms with van der Waals surface area (Å²) in [6.45, 7) is 0.228. The van der Waals surface area contributed by atoms with E-state index < -0.39 is 17.9 Å². The summed E-state index contributed by atoms with van der Waals surface area (Å²) in [5.74, 6) is -1.54. The molecule has 0 aliphatic carbocycles. The molecule has 1 fully saturated rings. The number of nitrogens with zero attached hydrogens (tertiary/aromatic N) is 3. The van der Waals surface area contributed by atoms with Crippen LogP contribution < -0.4 is 4.90 Å². The van der Waals surface area contributed by atoms with Gasteiger partial charge < -0.3 is 14.5 Å². The van der Waals surface area contributed by atoms with E-state index in [2.05, 4.69) is 0 Å². The number of esters is 1. The number of amides is 3. The Morgan fingerprint density at radius 1 is 0.738 bits per heavy atom. The van der Waals surface area contributed by atoms with E-state index in [0.717, 1.165) is 16.7 Å². The first-order valence-corrected chi connectivity index (χ1v) is 13.9. The van der Waals surface area contributed by atoms with Crippen molar-refractivity contribution in [3.63, 3.8) is 0 Å². The molecule has 4 aromatic carbocycles. The van der Waals surface area contributed by atoms with Crippen LogP contribution in [0.25, 0.3) is 11.1 Å². The van der Waals surface area contributed by atoms with Gasteiger partial charge in [-0.2, -0.15) is 0 Å². The predicted octanol–water partition coefficient (Wildman–Crippen LogP) is 4.41. The molecule has 8 nitrogen and oxygen atoms in total. The molecule has 42 heavy (non-hydrogen) atoms. The second-order valence-electron chi connectivity index (χ2n) is 10.3. The number of carbonyl (C=O) groups is 4. The number of hydrogen-bond acceptors (Lipinski definition) is 5. The number of para-hydroxylation sites is 1. The van der Waals surface area contributed by atoms with Crippen LogP contribution in [0.5, 0.6) is 0 Å². The topological polar surface area (TPSA) is 87.2 Å². The van der Waals surface area contributed by atoms with Crippen molar-refractivity contribution in [2.75, 3.05) is 31.1 Å². The maximum absolute atomic E-state index is 14.0. The molecular formula is C34H29N3O5. The first kappa shape index (κ1) is 27.0. The van der Waals surface area contributed by atoms with E-state index in [1.165, 1.54) is 9.80 Å². The fourth-order valence-corrected chi connectivity index (χ4v) is 5.46. The van der Waals surface area contributed by atoms with Gasteiger partial charge >= 0.3 is 5.97 Å². The van der Waals surface area contributed by atoms with Gasteiger partial charge in [-0.1, -0.05) is 84.9 Å². The zero-order valence-electron chi connectivity index (χ0n) is 22.9. The Hall–Kier alpha value is -5.24. The Morgan fingerprint density at radius 3 is 2.12 bits per heavy atom. The molecule has 0 spiro atoms. The van der Waals surface area contributed by atoms with E-state index in [9.17, 15) is 19.2 Å². The quantitative estimate of drug-likeness (QED) is 0.327. The van der Waals surface area contributed by atoms with E-state index in [-0.39, 0.29) is 44.6 Å². The third-order valence-electron chi connectivity index (χ3n) is 7.67. The van der Waals surface area contributed by atoms with Crippen LogP contribution in [0.1, 0.15) is 26.3 Å². The van der Waals surface area contributed by atoms with Crippen molar-refractivity contribution in [2.24, 2.45) is 0 Å². The van der Waals surface area contributed by atoms with Crippen LogP contribution in [0, 0.1) is 0 Å². The highest BCUT2D eigenvalue weighted by Crippen LogP contribution is 2.30. The minimum atomic E-state index is -0.937. The van der Waals surface area contributed by atoms with Crippen LogP contribution in [0.2, 0.25) is 0 Å². The first-order valence-electron chi connectivity index (χ1n) is 13.9. The molecule has 0 saturated carbocycles. The van der Waals surface area contributed by atoms with Gasteiger partial charge in [-0.3, -0.25) is 24.1 Å². The summed E-state index contributed by atoms with van der Waals surface area (Å²) in [5.41, 5.74) is 4.06. The Balaban J connectivity index is 1.21. The summed E-state index contributed by atoms with van der Waals surface area (Å²) in [4.78, 5) is 58.4. The molecule has 0 aromatic heterocycles. The smallest absolute Gasteiger partial charge is 0.326 e. The SMILES string of the molecule is O=C(CN1C(=O)[C@@H]2CN(C(=O)c3ccc(-c4ccccc4)cc3)CCN2C(=O)c2ccccc21)OCc1ccccc1. The van der Waals surface area contributed by atoms with Crippen molar-refractivity contribution in [1.82, 2.24) is 9.80 Å². The van der Waals surface area contributed by atoms with Gasteiger partial charge in [0.15, 0.2) is 0 Å². The molecule has 2 heterocycles. The summed E-state index contributed by atoms with van der Waals surface area (Å²) in [6, 6.07) is 32.3. The summed E-state index contributed by atoms with van der Waals surface area (Å²) >= 11 is 0. The first-order chi connectivity index (χ1) is 20.5. The van der Waals surface area contributed by atoms with Gasteiger partial charge in [0.1, 0.15) is 19.2 Å². The lowest BCUT2D eigenvalue weighted by atomic mass is 10.0. The fourth-order valence-electron chi connectivity index (χ4n) is 5.46. The molecule has 6 rings (SSSR count). The molecule has 4 aromatic rings. The molecule has 1 saturated heterocycles. The van der Waals surface area contributed by atoms with Crippen LogP contribution in [0.3, 0.4) is 0 Å². The molecule has 1 atom stereocenters. The van der Waals surface area contributed by atoms with E-state index in [1.54, 1.807) is 41.3 Å². The van der Waals surface area contributed by atoms with Crippen LogP contribution in [-0.2, 0) is 20.9 Å². The maximum Gasteiger partial charge on any atom is 0.326 e. The zero-order valence-corrected chi connectivity index (χ0v) is 22.9. The highest BCUT2D eigenvalue weighted by molar-refractivity contribution is 6.12. The van der Waals surface area contributed by atoms with E-state index in [0.29, 0.717) is 16.8 Å². The molecule has 2 aliphatic rings. The van der Waals surface area contributed by atoms with Gasteiger partial charge in [-0.15, -0.1) is 0 Å². The van der Waals surface area contributed by atoms with Crippen LogP contribution in [-0.4, -0.2) is 65.7 Å². The van der Waals surface area contributed by atoms with Gasteiger partial charge in [0, 0.05) is 18.7 Å². The van der Waals surface area contributed by atoms with Gasteiger partial charge in [-0.05, 0) is 41.0 Å². The Labute approximate surface area is 243 Å². The molecule has 0 unspecified atom stereocenters. The number of rotatable bonds is 6. The lowest BCUT2D eigenvalue weighted by Gasteiger charge is -2.40. The Kier molecular flexibility index (Phi) is 7.51. The van der Waals surface area contributed by atoms with Crippen molar-refractivity contribution in [3.8, 4) is 11.1 Å². The van der Waals surface area contributed by atoms with Crippen molar-refractivity contribution in [2.45, 2.75) is 12.6 Å².